The summed E-state index contributed by atoms with van der Waals surface area (Å²) in [6, 6.07) is -0.000570. The van der Waals surface area contributed by atoms with E-state index in [1.165, 1.54) is 21.6 Å². The van der Waals surface area contributed by atoms with Crippen molar-refractivity contribution < 1.29 is 23.5 Å². The van der Waals surface area contributed by atoms with Crippen molar-refractivity contribution in [2.24, 2.45) is 17.8 Å². The average Bonchev–Trinajstić information content (AvgIpc) is 3.54. The molecule has 2 aromatic heterocycles. The quantitative estimate of drug-likeness (QED) is 0.589. The van der Waals surface area contributed by atoms with Gasteiger partial charge in [0.05, 0.1) is 5.69 Å². The van der Waals surface area contributed by atoms with Crippen LogP contribution in [0, 0.1) is 24.7 Å². The van der Waals surface area contributed by atoms with Gasteiger partial charge in [-0.3, -0.25) is 19.0 Å². The Bertz CT molecular complexity index is 1310. The number of hydrogen-bond acceptors (Lipinski definition) is 5. The number of hydrogen-bond donors (Lipinski definition) is 2. The number of likely N-dealkylation sites (tertiary alicyclic amines) is 1. The molecule has 1 aliphatic heterocycles. The number of fused-ring (bicyclic) bond motifs is 3. The van der Waals surface area contributed by atoms with Gasteiger partial charge in [0, 0.05) is 49.2 Å². The topological polar surface area (TPSA) is 109 Å². The van der Waals surface area contributed by atoms with Gasteiger partial charge in [0.1, 0.15) is 5.65 Å². The molecule has 2 amide bonds. The van der Waals surface area contributed by atoms with Crippen LogP contribution in [0.15, 0.2) is 10.9 Å². The van der Waals surface area contributed by atoms with Crippen LogP contribution < -0.4 is 10.9 Å². The van der Waals surface area contributed by atoms with Gasteiger partial charge in [-0.1, -0.05) is 13.8 Å². The summed E-state index contributed by atoms with van der Waals surface area (Å²) < 4.78 is 31.1. The Kier molecular flexibility index (Phi) is 5.91. The first-order valence-corrected chi connectivity index (χ1v) is 12.5. The Hall–Kier alpha value is -3.24. The zero-order chi connectivity index (χ0) is 25.9. The summed E-state index contributed by atoms with van der Waals surface area (Å²) in [6.07, 6.45) is 5.30. The van der Waals surface area contributed by atoms with Gasteiger partial charge < -0.3 is 15.3 Å². The summed E-state index contributed by atoms with van der Waals surface area (Å²) in [5.41, 5.74) is 0.0216. The number of alkyl halides is 2. The molecule has 194 valence electrons. The van der Waals surface area contributed by atoms with Gasteiger partial charge >= 0.3 is 0 Å². The number of nitrogens with one attached hydrogen (secondary N) is 1. The maximum absolute atomic E-state index is 14.3. The van der Waals surface area contributed by atoms with Crippen molar-refractivity contribution >= 4 is 23.5 Å². The van der Waals surface area contributed by atoms with Crippen LogP contribution in [0.1, 0.15) is 61.1 Å². The van der Waals surface area contributed by atoms with Crippen molar-refractivity contribution in [1.29, 1.82) is 0 Å². The van der Waals surface area contributed by atoms with E-state index in [0.717, 1.165) is 17.4 Å². The summed E-state index contributed by atoms with van der Waals surface area (Å²) in [5.74, 6) is -5.79. The molecule has 36 heavy (non-hydrogen) atoms. The second-order valence-corrected chi connectivity index (χ2v) is 10.7. The first-order chi connectivity index (χ1) is 17.0. The van der Waals surface area contributed by atoms with Crippen molar-refractivity contribution in [3.8, 4) is 5.88 Å². The number of carbonyl (C=O) groups is 2. The van der Waals surface area contributed by atoms with Gasteiger partial charge in [0.25, 0.3) is 17.4 Å². The zero-order valence-corrected chi connectivity index (χ0v) is 20.6. The van der Waals surface area contributed by atoms with E-state index in [2.05, 4.69) is 10.4 Å². The Balaban J connectivity index is 1.52. The maximum Gasteiger partial charge on any atom is 0.291 e. The summed E-state index contributed by atoms with van der Waals surface area (Å²) in [5, 5.41) is 18.1. The highest BCUT2D eigenvalue weighted by molar-refractivity contribution is 5.97. The summed E-state index contributed by atoms with van der Waals surface area (Å²) in [4.78, 5) is 40.3. The fourth-order valence-corrected chi connectivity index (χ4v) is 5.38. The second kappa shape index (κ2) is 8.70. The van der Waals surface area contributed by atoms with E-state index in [0.29, 0.717) is 30.6 Å². The van der Waals surface area contributed by atoms with Crippen molar-refractivity contribution in [1.82, 2.24) is 24.4 Å². The predicted octanol–water partition coefficient (Wildman–Crippen LogP) is 2.58. The molecule has 3 heterocycles. The maximum atomic E-state index is 14.3. The SMILES string of the molecule is Cc1nn2c(=O)c(C(=O)NC3CC3)c(O)n(CC(C)C)c2c1/C=C/C(=O)N1CC2CCC(C1)C2(F)F. The molecule has 2 aliphatic carbocycles. The summed E-state index contributed by atoms with van der Waals surface area (Å²) in [6.45, 7) is 5.85. The average molecular weight is 504 g/mol. The summed E-state index contributed by atoms with van der Waals surface area (Å²) in [7, 11) is 0. The third kappa shape index (κ3) is 4.08. The lowest BCUT2D eigenvalue weighted by Gasteiger charge is -2.37. The van der Waals surface area contributed by atoms with Crippen LogP contribution in [-0.2, 0) is 11.3 Å². The largest absolute Gasteiger partial charge is 0.494 e. The molecule has 1 saturated heterocycles. The molecule has 2 aromatic rings. The van der Waals surface area contributed by atoms with Gasteiger partial charge in [-0.25, -0.2) is 8.78 Å². The number of piperidine rings is 1. The molecule has 2 N–H and O–H groups in total. The van der Waals surface area contributed by atoms with Crippen LogP contribution >= 0.6 is 0 Å². The smallest absolute Gasteiger partial charge is 0.291 e. The Morgan fingerprint density at radius 2 is 1.83 bits per heavy atom. The van der Waals surface area contributed by atoms with E-state index in [1.54, 1.807) is 6.92 Å². The number of amides is 2. The molecule has 0 spiro atoms. The molecular weight excluding hydrogens is 472 g/mol. The number of nitrogens with zero attached hydrogens (tertiary/aromatic N) is 4. The minimum absolute atomic E-state index is 0.000570. The number of carbonyl (C=O) groups excluding carboxylic acids is 2. The summed E-state index contributed by atoms with van der Waals surface area (Å²) >= 11 is 0. The molecule has 2 atom stereocenters. The highest BCUT2D eigenvalue weighted by Gasteiger charge is 2.56. The monoisotopic (exact) mass is 503 g/mol. The molecule has 2 saturated carbocycles. The molecule has 0 aromatic carbocycles. The Morgan fingerprint density at radius 3 is 2.42 bits per heavy atom. The van der Waals surface area contributed by atoms with Gasteiger partial charge in [-0.2, -0.15) is 9.61 Å². The number of halogens is 2. The molecule has 9 nitrogen and oxygen atoms in total. The number of aromatic hydroxyl groups is 1. The van der Waals surface area contributed by atoms with Crippen molar-refractivity contribution in [2.75, 3.05) is 13.1 Å². The van der Waals surface area contributed by atoms with Gasteiger partial charge in [0.2, 0.25) is 11.8 Å². The Morgan fingerprint density at radius 1 is 1.19 bits per heavy atom. The number of aryl methyl sites for hydroxylation is 1. The van der Waals surface area contributed by atoms with Crippen molar-refractivity contribution in [2.45, 2.75) is 65.0 Å². The van der Waals surface area contributed by atoms with Crippen LogP contribution in [0.3, 0.4) is 0 Å². The molecule has 0 radical (unpaired) electrons. The van der Waals surface area contributed by atoms with Crippen molar-refractivity contribution in [3.63, 3.8) is 0 Å². The lowest BCUT2D eigenvalue weighted by Crippen LogP contribution is -2.50. The van der Waals surface area contributed by atoms with E-state index in [9.17, 15) is 28.3 Å². The van der Waals surface area contributed by atoms with E-state index < -0.39 is 35.1 Å². The van der Waals surface area contributed by atoms with Crippen LogP contribution in [0.5, 0.6) is 5.88 Å². The highest BCUT2D eigenvalue weighted by atomic mass is 19.3. The van der Waals surface area contributed by atoms with Gasteiger partial charge in [0.15, 0.2) is 5.56 Å². The molecule has 3 aliphatic rings. The molecule has 5 rings (SSSR count). The third-order valence-corrected chi connectivity index (χ3v) is 7.45. The molecular formula is C25H31F2N5O4. The lowest BCUT2D eigenvalue weighted by molar-refractivity contribution is -0.144. The molecule has 11 heteroatoms. The second-order valence-electron chi connectivity index (χ2n) is 10.7. The van der Waals surface area contributed by atoms with E-state index >= 15 is 0 Å². The first kappa shape index (κ1) is 24.5. The minimum atomic E-state index is -2.73. The van der Waals surface area contributed by atoms with Crippen LogP contribution in [0.4, 0.5) is 8.78 Å². The van der Waals surface area contributed by atoms with Crippen LogP contribution in [0.25, 0.3) is 11.7 Å². The van der Waals surface area contributed by atoms with E-state index in [4.69, 9.17) is 0 Å². The standard InChI is InChI=1S/C25H31F2N5O4/c1-13(2)10-31-22-18(8-9-19(33)30-11-15-4-5-16(12-30)25(15,26)27)14(3)29-32(22)24(36)20(23(31)35)21(34)28-17-6-7-17/h8-9,13,15-17,35H,4-7,10-12H2,1-3H3,(H,28,34)/b9-8+. The minimum Gasteiger partial charge on any atom is -0.494 e. The first-order valence-electron chi connectivity index (χ1n) is 12.5. The molecule has 2 bridgehead atoms. The highest BCUT2D eigenvalue weighted by Crippen LogP contribution is 2.48. The fourth-order valence-electron chi connectivity index (χ4n) is 5.38. The van der Waals surface area contributed by atoms with E-state index in [-0.39, 0.29) is 42.2 Å². The molecule has 2 unspecified atom stereocenters. The third-order valence-electron chi connectivity index (χ3n) is 7.45. The van der Waals surface area contributed by atoms with Crippen molar-refractivity contribution in [3.05, 3.63) is 33.3 Å². The fraction of sp³-hybridized carbons (Fsp3) is 0.600. The van der Waals surface area contributed by atoms with Gasteiger partial charge in [-0.15, -0.1) is 0 Å². The van der Waals surface area contributed by atoms with Crippen LogP contribution in [-0.4, -0.2) is 61.1 Å². The van der Waals surface area contributed by atoms with Crippen LogP contribution in [0.2, 0.25) is 0 Å². The Labute approximate surface area is 206 Å². The number of aromatic nitrogens is 3. The number of rotatable bonds is 6. The van der Waals surface area contributed by atoms with Gasteiger partial charge in [-0.05, 0) is 44.6 Å². The normalized spacial score (nSPS) is 23.2. The van der Waals surface area contributed by atoms with E-state index in [1.807, 2.05) is 13.8 Å². The predicted molar refractivity (Wildman–Crippen MR) is 128 cm³/mol. The zero-order valence-electron chi connectivity index (χ0n) is 20.6. The molecule has 3 fully saturated rings. The lowest BCUT2D eigenvalue weighted by atomic mass is 9.94.